The van der Waals surface area contributed by atoms with Gasteiger partial charge in [-0.2, -0.15) is 0 Å². The van der Waals surface area contributed by atoms with Gasteiger partial charge >= 0.3 is 0 Å². The minimum absolute atomic E-state index is 0.0449. The summed E-state index contributed by atoms with van der Waals surface area (Å²) in [5.74, 6) is 2.05. The van der Waals surface area contributed by atoms with Gasteiger partial charge in [-0.1, -0.05) is 0 Å². The van der Waals surface area contributed by atoms with Crippen LogP contribution in [0.3, 0.4) is 0 Å². The van der Waals surface area contributed by atoms with Crippen molar-refractivity contribution in [1.82, 2.24) is 19.6 Å². The molecule has 2 fully saturated rings. The molecule has 1 aromatic rings. The normalized spacial score (nSPS) is 30.4. The number of nitrogens with zero attached hydrogens (tertiary/aromatic N) is 2. The van der Waals surface area contributed by atoms with E-state index in [0.717, 1.165) is 38.3 Å². The summed E-state index contributed by atoms with van der Waals surface area (Å²) in [5, 5.41) is 3.53. The van der Waals surface area contributed by atoms with Crippen molar-refractivity contribution in [2.45, 2.75) is 37.3 Å². The van der Waals surface area contributed by atoms with Crippen LogP contribution in [0.25, 0.3) is 0 Å². The van der Waals surface area contributed by atoms with Gasteiger partial charge in [0.1, 0.15) is 5.82 Å². The molecular weight excluding hydrogens is 276 g/mol. The molecule has 112 valence electrons. The van der Waals surface area contributed by atoms with Gasteiger partial charge < -0.3 is 9.88 Å². The Morgan fingerprint density at radius 2 is 2.10 bits per heavy atom. The molecule has 1 aliphatic heterocycles. The van der Waals surface area contributed by atoms with Crippen molar-refractivity contribution in [1.29, 1.82) is 0 Å². The summed E-state index contributed by atoms with van der Waals surface area (Å²) in [4.78, 5) is 4.11. The molecule has 2 heterocycles. The first-order chi connectivity index (χ1) is 9.45. The van der Waals surface area contributed by atoms with Gasteiger partial charge in [0.25, 0.3) is 10.0 Å². The summed E-state index contributed by atoms with van der Waals surface area (Å²) in [6.07, 6.45) is 4.53. The Kier molecular flexibility index (Phi) is 3.60. The van der Waals surface area contributed by atoms with Crippen molar-refractivity contribution >= 4 is 10.0 Å². The summed E-state index contributed by atoms with van der Waals surface area (Å²) in [7, 11) is -1.69. The molecule has 7 heteroatoms. The number of hydrogen-bond donors (Lipinski definition) is 2. The standard InChI is InChI=1S/C13H22N4O2S/c1-9-15-13(8-17(9)2)20(18,19)16-12-4-3-10-6-14-7-11(10)5-12/h8,10-12,14,16H,3-7H2,1-2H3/t10-,11+,12?/m0/s1. The van der Waals surface area contributed by atoms with Gasteiger partial charge in [-0.05, 0) is 51.1 Å². The Labute approximate surface area is 120 Å². The highest BCUT2D eigenvalue weighted by molar-refractivity contribution is 7.89. The number of aromatic nitrogens is 2. The van der Waals surface area contributed by atoms with Crippen LogP contribution in [-0.4, -0.2) is 37.1 Å². The van der Waals surface area contributed by atoms with Crippen molar-refractivity contribution in [3.05, 3.63) is 12.0 Å². The van der Waals surface area contributed by atoms with E-state index in [-0.39, 0.29) is 11.1 Å². The second-order valence-electron chi connectivity index (χ2n) is 6.05. The molecule has 2 N–H and O–H groups in total. The van der Waals surface area contributed by atoms with Gasteiger partial charge in [-0.25, -0.2) is 18.1 Å². The van der Waals surface area contributed by atoms with Gasteiger partial charge in [0.2, 0.25) is 0 Å². The first kappa shape index (κ1) is 14.0. The molecule has 2 aliphatic rings. The Hall–Kier alpha value is -0.920. The third-order valence-electron chi connectivity index (χ3n) is 4.64. The predicted molar refractivity (Wildman–Crippen MR) is 75.8 cm³/mol. The lowest BCUT2D eigenvalue weighted by atomic mass is 9.79. The fourth-order valence-corrected chi connectivity index (χ4v) is 4.66. The monoisotopic (exact) mass is 298 g/mol. The number of aryl methyl sites for hydroxylation is 2. The number of sulfonamides is 1. The Bertz CT molecular complexity index is 576. The second-order valence-corrected chi connectivity index (χ2v) is 7.71. The molecule has 3 rings (SSSR count). The second kappa shape index (κ2) is 5.13. The van der Waals surface area contributed by atoms with Crippen LogP contribution in [0.5, 0.6) is 0 Å². The lowest BCUT2D eigenvalue weighted by molar-refractivity contribution is 0.260. The van der Waals surface area contributed by atoms with E-state index in [0.29, 0.717) is 11.7 Å². The molecule has 1 aromatic heterocycles. The van der Waals surface area contributed by atoms with Gasteiger partial charge in [0, 0.05) is 19.3 Å². The van der Waals surface area contributed by atoms with Crippen molar-refractivity contribution in [3.63, 3.8) is 0 Å². The van der Waals surface area contributed by atoms with Crippen LogP contribution in [0, 0.1) is 18.8 Å². The average molecular weight is 298 g/mol. The summed E-state index contributed by atoms with van der Waals surface area (Å²) in [6, 6.07) is 0.0449. The molecule has 1 aliphatic carbocycles. The van der Waals surface area contributed by atoms with Gasteiger partial charge in [-0.15, -0.1) is 0 Å². The highest BCUT2D eigenvalue weighted by Gasteiger charge is 2.35. The molecule has 0 spiro atoms. The molecule has 3 atom stereocenters. The van der Waals surface area contributed by atoms with E-state index in [1.165, 1.54) is 0 Å². The molecule has 6 nitrogen and oxygen atoms in total. The summed E-state index contributed by atoms with van der Waals surface area (Å²) in [5.41, 5.74) is 0. The van der Waals surface area contributed by atoms with E-state index in [2.05, 4.69) is 15.0 Å². The van der Waals surface area contributed by atoms with Crippen molar-refractivity contribution < 1.29 is 8.42 Å². The van der Waals surface area contributed by atoms with Crippen molar-refractivity contribution in [2.75, 3.05) is 13.1 Å². The molecule has 1 unspecified atom stereocenters. The smallest absolute Gasteiger partial charge is 0.259 e. The zero-order valence-corrected chi connectivity index (χ0v) is 12.8. The lowest BCUT2D eigenvalue weighted by Gasteiger charge is -2.31. The Morgan fingerprint density at radius 3 is 2.80 bits per heavy atom. The Morgan fingerprint density at radius 1 is 1.35 bits per heavy atom. The van der Waals surface area contributed by atoms with Gasteiger partial charge in [0.05, 0.1) is 0 Å². The van der Waals surface area contributed by atoms with Crippen LogP contribution in [0.1, 0.15) is 25.1 Å². The van der Waals surface area contributed by atoms with E-state index in [1.807, 2.05) is 0 Å². The van der Waals surface area contributed by atoms with E-state index >= 15 is 0 Å². The fraction of sp³-hybridized carbons (Fsp3) is 0.769. The highest BCUT2D eigenvalue weighted by Crippen LogP contribution is 2.33. The zero-order valence-electron chi connectivity index (χ0n) is 12.0. The maximum atomic E-state index is 12.4. The fourth-order valence-electron chi connectivity index (χ4n) is 3.34. The molecular formula is C13H22N4O2S. The van der Waals surface area contributed by atoms with Gasteiger partial charge in [-0.3, -0.25) is 0 Å². The molecule has 1 saturated carbocycles. The third kappa shape index (κ3) is 2.62. The number of nitrogens with one attached hydrogen (secondary N) is 2. The molecule has 1 saturated heterocycles. The number of imidazole rings is 1. The molecule has 0 amide bonds. The van der Waals surface area contributed by atoms with E-state index in [9.17, 15) is 8.42 Å². The minimum atomic E-state index is -3.49. The third-order valence-corrected chi connectivity index (χ3v) is 6.03. The first-order valence-electron chi connectivity index (χ1n) is 7.19. The summed E-state index contributed by atoms with van der Waals surface area (Å²) >= 11 is 0. The van der Waals surface area contributed by atoms with Crippen LogP contribution in [0.4, 0.5) is 0 Å². The average Bonchev–Trinajstić information content (AvgIpc) is 2.96. The SMILES string of the molecule is Cc1nc(S(=O)(=O)NC2CC[C@H]3CNC[C@H]3C2)cn1C. The van der Waals surface area contributed by atoms with Crippen LogP contribution < -0.4 is 10.0 Å². The maximum Gasteiger partial charge on any atom is 0.259 e. The zero-order chi connectivity index (χ0) is 14.3. The van der Waals surface area contributed by atoms with Crippen molar-refractivity contribution in [2.24, 2.45) is 18.9 Å². The number of rotatable bonds is 3. The minimum Gasteiger partial charge on any atom is -0.337 e. The maximum absolute atomic E-state index is 12.4. The lowest BCUT2D eigenvalue weighted by Crippen LogP contribution is -2.40. The van der Waals surface area contributed by atoms with E-state index in [1.54, 1.807) is 24.7 Å². The van der Waals surface area contributed by atoms with Crippen LogP contribution >= 0.6 is 0 Å². The molecule has 0 radical (unpaired) electrons. The summed E-state index contributed by atoms with van der Waals surface area (Å²) in [6.45, 7) is 3.91. The quantitative estimate of drug-likeness (QED) is 0.847. The topological polar surface area (TPSA) is 76.0 Å². The van der Waals surface area contributed by atoms with Crippen LogP contribution in [0.15, 0.2) is 11.2 Å². The van der Waals surface area contributed by atoms with Crippen LogP contribution in [-0.2, 0) is 17.1 Å². The molecule has 0 aromatic carbocycles. The van der Waals surface area contributed by atoms with Crippen molar-refractivity contribution in [3.8, 4) is 0 Å². The first-order valence-corrected chi connectivity index (χ1v) is 8.67. The predicted octanol–water partition coefficient (Wildman–Crippen LogP) is 0.395. The van der Waals surface area contributed by atoms with Gasteiger partial charge in [0.15, 0.2) is 5.03 Å². The Balaban J connectivity index is 1.70. The van der Waals surface area contributed by atoms with E-state index in [4.69, 9.17) is 0 Å². The van der Waals surface area contributed by atoms with Crippen LogP contribution in [0.2, 0.25) is 0 Å². The number of fused-ring (bicyclic) bond motifs is 1. The molecule has 20 heavy (non-hydrogen) atoms. The molecule has 0 bridgehead atoms. The van der Waals surface area contributed by atoms with E-state index < -0.39 is 10.0 Å². The largest absolute Gasteiger partial charge is 0.337 e. The highest BCUT2D eigenvalue weighted by atomic mass is 32.2. The number of hydrogen-bond acceptors (Lipinski definition) is 4. The summed E-state index contributed by atoms with van der Waals surface area (Å²) < 4.78 is 29.3.